The molecule has 3 aromatic rings. The number of aromatic nitrogens is 3. The topological polar surface area (TPSA) is 50.7 Å². The Morgan fingerprint density at radius 3 is 2.68 bits per heavy atom. The highest BCUT2D eigenvalue weighted by Gasteiger charge is 2.12. The fraction of sp³-hybridized carbons (Fsp3) is 0.214. The molecule has 0 aliphatic heterocycles. The largest absolute Gasteiger partial charge is 0.359 e. The summed E-state index contributed by atoms with van der Waals surface area (Å²) in [4.78, 5) is 4.32. The van der Waals surface area contributed by atoms with Crippen molar-refractivity contribution in [2.24, 2.45) is 0 Å². The molecular weight excluding hydrogens is 256 g/mol. The Morgan fingerprint density at radius 2 is 1.95 bits per heavy atom. The number of benzene rings is 1. The molecule has 96 valence electrons. The molecule has 1 atom stereocenters. The summed E-state index contributed by atoms with van der Waals surface area (Å²) in [5, 5.41) is 17.1. The van der Waals surface area contributed by atoms with Gasteiger partial charge in [0.2, 0.25) is 0 Å². The van der Waals surface area contributed by atoms with Crippen molar-refractivity contribution in [3.63, 3.8) is 0 Å². The normalized spacial score (nSPS) is 12.5. The lowest BCUT2D eigenvalue weighted by Crippen LogP contribution is -2.09. The summed E-state index contributed by atoms with van der Waals surface area (Å²) in [6.45, 7) is 4.05. The highest BCUT2D eigenvalue weighted by atomic mass is 32.1. The summed E-state index contributed by atoms with van der Waals surface area (Å²) in [7, 11) is 0. The Labute approximate surface area is 115 Å². The Bertz CT molecular complexity index is 694. The molecule has 0 amide bonds. The zero-order valence-electron chi connectivity index (χ0n) is 10.8. The van der Waals surface area contributed by atoms with Crippen LogP contribution in [0.1, 0.15) is 23.7 Å². The monoisotopic (exact) mass is 270 g/mol. The van der Waals surface area contributed by atoms with Gasteiger partial charge < -0.3 is 5.32 Å². The third kappa shape index (κ3) is 2.29. The molecular formula is C14H14N4S. The SMILES string of the molecule is Cc1nnc(NC(C)c2nccs2)c2ccccc12. The van der Waals surface area contributed by atoms with Crippen molar-refractivity contribution in [3.8, 4) is 0 Å². The number of hydrogen-bond acceptors (Lipinski definition) is 5. The number of aryl methyl sites for hydroxylation is 1. The third-order valence-electron chi connectivity index (χ3n) is 3.05. The molecule has 0 aliphatic carbocycles. The molecule has 0 saturated heterocycles. The first-order chi connectivity index (χ1) is 9.25. The Hall–Kier alpha value is -2.01. The molecule has 4 nitrogen and oxygen atoms in total. The van der Waals surface area contributed by atoms with Crippen LogP contribution in [0.25, 0.3) is 10.8 Å². The second-order valence-corrected chi connectivity index (χ2v) is 5.34. The van der Waals surface area contributed by atoms with E-state index in [2.05, 4.69) is 39.6 Å². The predicted molar refractivity (Wildman–Crippen MR) is 78.4 cm³/mol. The molecule has 3 rings (SSSR count). The second kappa shape index (κ2) is 4.93. The minimum atomic E-state index is 0.125. The van der Waals surface area contributed by atoms with Crippen LogP contribution in [0.5, 0.6) is 0 Å². The van der Waals surface area contributed by atoms with Gasteiger partial charge in [-0.25, -0.2) is 4.98 Å². The van der Waals surface area contributed by atoms with Crippen molar-refractivity contribution < 1.29 is 0 Å². The summed E-state index contributed by atoms with van der Waals surface area (Å²) in [6, 6.07) is 8.29. The van der Waals surface area contributed by atoms with E-state index in [0.717, 1.165) is 27.3 Å². The van der Waals surface area contributed by atoms with E-state index >= 15 is 0 Å². The van der Waals surface area contributed by atoms with E-state index in [4.69, 9.17) is 0 Å². The summed E-state index contributed by atoms with van der Waals surface area (Å²) in [6.07, 6.45) is 1.82. The number of hydrogen-bond donors (Lipinski definition) is 1. The van der Waals surface area contributed by atoms with Gasteiger partial charge in [0.1, 0.15) is 5.01 Å². The highest BCUT2D eigenvalue weighted by Crippen LogP contribution is 2.26. The van der Waals surface area contributed by atoms with Crippen molar-refractivity contribution in [3.05, 3.63) is 46.5 Å². The van der Waals surface area contributed by atoms with Gasteiger partial charge in [-0.2, -0.15) is 5.10 Å². The first-order valence-electron chi connectivity index (χ1n) is 6.13. The zero-order chi connectivity index (χ0) is 13.2. The van der Waals surface area contributed by atoms with Crippen molar-refractivity contribution >= 4 is 27.9 Å². The van der Waals surface area contributed by atoms with Crippen LogP contribution in [0.15, 0.2) is 35.8 Å². The van der Waals surface area contributed by atoms with E-state index in [1.165, 1.54) is 0 Å². The van der Waals surface area contributed by atoms with E-state index in [9.17, 15) is 0 Å². The minimum Gasteiger partial charge on any atom is -0.359 e. The van der Waals surface area contributed by atoms with E-state index in [1.807, 2.05) is 30.6 Å². The summed E-state index contributed by atoms with van der Waals surface area (Å²) in [5.74, 6) is 0.809. The molecule has 1 unspecified atom stereocenters. The van der Waals surface area contributed by atoms with Gasteiger partial charge in [-0.05, 0) is 13.8 Å². The van der Waals surface area contributed by atoms with E-state index in [-0.39, 0.29) is 6.04 Å². The molecule has 0 spiro atoms. The highest BCUT2D eigenvalue weighted by molar-refractivity contribution is 7.09. The average Bonchev–Trinajstić information content (AvgIpc) is 2.96. The summed E-state index contributed by atoms with van der Waals surface area (Å²) in [5.41, 5.74) is 0.947. The second-order valence-electron chi connectivity index (χ2n) is 4.42. The van der Waals surface area contributed by atoms with Crippen LogP contribution in [0.3, 0.4) is 0 Å². The third-order valence-corrected chi connectivity index (χ3v) is 4.01. The van der Waals surface area contributed by atoms with Crippen LogP contribution in [0, 0.1) is 6.92 Å². The van der Waals surface area contributed by atoms with Gasteiger partial charge in [-0.15, -0.1) is 16.4 Å². The molecule has 0 fully saturated rings. The van der Waals surface area contributed by atoms with Crippen LogP contribution in [0.4, 0.5) is 5.82 Å². The smallest absolute Gasteiger partial charge is 0.157 e. The average molecular weight is 270 g/mol. The lowest BCUT2D eigenvalue weighted by molar-refractivity contribution is 0.850. The van der Waals surface area contributed by atoms with Crippen LogP contribution in [-0.2, 0) is 0 Å². The van der Waals surface area contributed by atoms with Gasteiger partial charge >= 0.3 is 0 Å². The molecule has 0 saturated carbocycles. The van der Waals surface area contributed by atoms with Crippen LogP contribution < -0.4 is 5.32 Å². The van der Waals surface area contributed by atoms with Crippen LogP contribution in [0.2, 0.25) is 0 Å². The molecule has 1 aromatic carbocycles. The van der Waals surface area contributed by atoms with Crippen LogP contribution in [-0.4, -0.2) is 15.2 Å². The summed E-state index contributed by atoms with van der Waals surface area (Å²) < 4.78 is 0. The maximum Gasteiger partial charge on any atom is 0.157 e. The lowest BCUT2D eigenvalue weighted by Gasteiger charge is -2.13. The first-order valence-corrected chi connectivity index (χ1v) is 7.01. The number of nitrogens with one attached hydrogen (secondary N) is 1. The fourth-order valence-corrected chi connectivity index (χ4v) is 2.71. The Balaban J connectivity index is 2.00. The maximum absolute atomic E-state index is 4.32. The maximum atomic E-state index is 4.32. The predicted octanol–water partition coefficient (Wildman–Crippen LogP) is 3.57. The quantitative estimate of drug-likeness (QED) is 0.790. The van der Waals surface area contributed by atoms with Gasteiger partial charge in [0.05, 0.1) is 11.7 Å². The standard InChI is InChI=1S/C14H14N4S/c1-9-11-5-3-4-6-12(11)13(18-17-9)16-10(2)14-15-7-8-19-14/h3-8,10H,1-2H3,(H,16,18). The first kappa shape index (κ1) is 12.0. The van der Waals surface area contributed by atoms with Gasteiger partial charge in [-0.3, -0.25) is 0 Å². The molecule has 0 bridgehead atoms. The lowest BCUT2D eigenvalue weighted by atomic mass is 10.1. The molecule has 0 aliphatic rings. The van der Waals surface area contributed by atoms with Gasteiger partial charge in [0, 0.05) is 22.3 Å². The molecule has 0 radical (unpaired) electrons. The van der Waals surface area contributed by atoms with Crippen molar-refractivity contribution in [1.82, 2.24) is 15.2 Å². The molecule has 2 aromatic heterocycles. The minimum absolute atomic E-state index is 0.125. The Kier molecular flexibility index (Phi) is 3.13. The zero-order valence-corrected chi connectivity index (χ0v) is 11.6. The molecule has 5 heteroatoms. The van der Waals surface area contributed by atoms with Gasteiger partial charge in [0.15, 0.2) is 5.82 Å². The molecule has 19 heavy (non-hydrogen) atoms. The van der Waals surface area contributed by atoms with Crippen molar-refractivity contribution in [2.75, 3.05) is 5.32 Å². The van der Waals surface area contributed by atoms with E-state index in [1.54, 1.807) is 11.3 Å². The van der Waals surface area contributed by atoms with E-state index in [0.29, 0.717) is 0 Å². The number of rotatable bonds is 3. The number of anilines is 1. The molecule has 2 heterocycles. The van der Waals surface area contributed by atoms with Gasteiger partial charge in [0.25, 0.3) is 0 Å². The number of thiazole rings is 1. The van der Waals surface area contributed by atoms with Gasteiger partial charge in [-0.1, -0.05) is 24.3 Å². The van der Waals surface area contributed by atoms with Crippen LogP contribution >= 0.6 is 11.3 Å². The van der Waals surface area contributed by atoms with Crippen molar-refractivity contribution in [2.45, 2.75) is 19.9 Å². The Morgan fingerprint density at radius 1 is 1.16 bits per heavy atom. The summed E-state index contributed by atoms with van der Waals surface area (Å²) >= 11 is 1.64. The van der Waals surface area contributed by atoms with E-state index < -0.39 is 0 Å². The molecule has 1 N–H and O–H groups in total. The van der Waals surface area contributed by atoms with Crippen molar-refractivity contribution in [1.29, 1.82) is 0 Å². The number of nitrogens with zero attached hydrogens (tertiary/aromatic N) is 3. The fourth-order valence-electron chi connectivity index (χ4n) is 2.06. The number of fused-ring (bicyclic) bond motifs is 1.